The van der Waals surface area contributed by atoms with Gasteiger partial charge in [-0.2, -0.15) is 5.10 Å². The second kappa shape index (κ2) is 7.39. The summed E-state index contributed by atoms with van der Waals surface area (Å²) in [6.07, 6.45) is 0.426. The van der Waals surface area contributed by atoms with Gasteiger partial charge in [-0.15, -0.1) is 0 Å². The highest BCUT2D eigenvalue weighted by Crippen LogP contribution is 2.49. The topological polar surface area (TPSA) is 34.1 Å². The van der Waals surface area contributed by atoms with E-state index < -0.39 is 0 Å². The molecule has 0 spiro atoms. The Labute approximate surface area is 182 Å². The van der Waals surface area contributed by atoms with Gasteiger partial charge in [-0.1, -0.05) is 51.8 Å². The van der Waals surface area contributed by atoms with E-state index >= 15 is 0 Å². The van der Waals surface area contributed by atoms with Crippen LogP contribution in [0.3, 0.4) is 0 Å². The number of nitrogens with zero attached hydrogens (tertiary/aromatic N) is 2. The summed E-state index contributed by atoms with van der Waals surface area (Å²) in [5.74, 6) is 1.66. The van der Waals surface area contributed by atoms with Crippen LogP contribution in [0.15, 0.2) is 76.3 Å². The second-order valence-electron chi connectivity index (χ2n) is 7.05. The zero-order valence-corrected chi connectivity index (χ0v) is 18.0. The van der Waals surface area contributed by atoms with Crippen LogP contribution in [0.1, 0.15) is 35.4 Å². The molecule has 2 aliphatic heterocycles. The molecule has 0 radical (unpaired) electrons. The predicted molar refractivity (Wildman–Crippen MR) is 118 cm³/mol. The SMILES string of the molecule is COc1ccccc1[C@H]1Oc2ccc(Br)cc2[C@@H]2CC(c3ccc(Cl)cc3)=NN12. The van der Waals surface area contributed by atoms with Crippen molar-refractivity contribution in [3.63, 3.8) is 0 Å². The number of hydrogen-bond donors (Lipinski definition) is 0. The molecule has 3 aromatic carbocycles. The second-order valence-corrected chi connectivity index (χ2v) is 8.40. The molecule has 2 atom stereocenters. The number of hydrazone groups is 1. The molecule has 6 heteroatoms. The molecule has 0 bridgehead atoms. The number of methoxy groups -OCH3 is 1. The van der Waals surface area contributed by atoms with Crippen LogP contribution in [0.2, 0.25) is 5.02 Å². The van der Waals surface area contributed by atoms with Gasteiger partial charge in [0.2, 0.25) is 6.23 Å². The molecule has 2 aliphatic rings. The smallest absolute Gasteiger partial charge is 0.217 e. The zero-order valence-electron chi connectivity index (χ0n) is 15.7. The Balaban J connectivity index is 1.62. The van der Waals surface area contributed by atoms with Gasteiger partial charge in [0.25, 0.3) is 0 Å². The summed E-state index contributed by atoms with van der Waals surface area (Å²) in [7, 11) is 1.68. The molecular weight excluding hydrogens is 452 g/mol. The first-order chi connectivity index (χ1) is 14.1. The molecule has 29 heavy (non-hydrogen) atoms. The fraction of sp³-hybridized carbons (Fsp3) is 0.174. The number of halogens is 2. The molecule has 0 aliphatic carbocycles. The molecule has 4 nitrogen and oxygen atoms in total. The summed E-state index contributed by atoms with van der Waals surface area (Å²) in [4.78, 5) is 0. The van der Waals surface area contributed by atoms with Gasteiger partial charge in [-0.3, -0.25) is 0 Å². The van der Waals surface area contributed by atoms with Crippen molar-refractivity contribution in [3.8, 4) is 11.5 Å². The quantitative estimate of drug-likeness (QED) is 0.448. The van der Waals surface area contributed by atoms with Crippen molar-refractivity contribution in [1.82, 2.24) is 5.01 Å². The van der Waals surface area contributed by atoms with Crippen LogP contribution in [0.25, 0.3) is 0 Å². The van der Waals surface area contributed by atoms with Gasteiger partial charge in [0.15, 0.2) is 0 Å². The lowest BCUT2D eigenvalue weighted by atomic mass is 9.96. The van der Waals surface area contributed by atoms with Crippen LogP contribution in [-0.4, -0.2) is 17.8 Å². The average Bonchev–Trinajstić information content (AvgIpc) is 3.19. The number of fused-ring (bicyclic) bond motifs is 3. The predicted octanol–water partition coefficient (Wildman–Crippen LogP) is 6.35. The highest BCUT2D eigenvalue weighted by molar-refractivity contribution is 9.10. The van der Waals surface area contributed by atoms with Crippen molar-refractivity contribution in [2.45, 2.75) is 18.7 Å². The Morgan fingerprint density at radius 3 is 2.66 bits per heavy atom. The molecule has 0 N–H and O–H groups in total. The summed E-state index contributed by atoms with van der Waals surface area (Å²) < 4.78 is 13.1. The third-order valence-corrected chi connectivity index (χ3v) is 6.08. The number of benzene rings is 3. The van der Waals surface area contributed by atoms with E-state index in [-0.39, 0.29) is 12.3 Å². The maximum absolute atomic E-state index is 6.43. The van der Waals surface area contributed by atoms with Crippen LogP contribution in [0.4, 0.5) is 0 Å². The maximum Gasteiger partial charge on any atom is 0.217 e. The highest BCUT2D eigenvalue weighted by atomic mass is 79.9. The van der Waals surface area contributed by atoms with Crippen LogP contribution >= 0.6 is 27.5 Å². The standard InChI is InChI=1S/C23H18BrClN2O2/c1-28-21-5-3-2-4-17(21)23-27-20(18-12-15(24)8-11-22(18)29-23)13-19(26-27)14-6-9-16(25)10-7-14/h2-12,20,23H,13H2,1H3/t20-,23+/m0/s1. The van der Waals surface area contributed by atoms with E-state index in [1.165, 1.54) is 0 Å². The summed E-state index contributed by atoms with van der Waals surface area (Å²) in [6, 6.07) is 22.0. The van der Waals surface area contributed by atoms with Crippen molar-refractivity contribution < 1.29 is 9.47 Å². The molecule has 0 unspecified atom stereocenters. The normalized spacial score (nSPS) is 19.8. The van der Waals surface area contributed by atoms with Gasteiger partial charge in [0, 0.05) is 21.5 Å². The minimum Gasteiger partial charge on any atom is -0.496 e. The first kappa shape index (κ1) is 18.5. The molecular formula is C23H18BrClN2O2. The van der Waals surface area contributed by atoms with Gasteiger partial charge in [0.1, 0.15) is 11.5 Å². The first-order valence-corrected chi connectivity index (χ1v) is 10.5. The summed E-state index contributed by atoms with van der Waals surface area (Å²) in [5, 5.41) is 7.75. The molecule has 0 saturated heterocycles. The van der Waals surface area contributed by atoms with E-state index in [9.17, 15) is 0 Å². The number of para-hydroxylation sites is 1. The Morgan fingerprint density at radius 1 is 1.07 bits per heavy atom. The van der Waals surface area contributed by atoms with Gasteiger partial charge in [0.05, 0.1) is 24.4 Å². The highest BCUT2D eigenvalue weighted by Gasteiger charge is 2.42. The van der Waals surface area contributed by atoms with Crippen molar-refractivity contribution in [2.75, 3.05) is 7.11 Å². The Hall–Kier alpha value is -2.50. The monoisotopic (exact) mass is 468 g/mol. The molecule has 0 aromatic heterocycles. The fourth-order valence-electron chi connectivity index (χ4n) is 3.95. The summed E-state index contributed by atoms with van der Waals surface area (Å²) in [5.41, 5.74) is 4.16. The summed E-state index contributed by atoms with van der Waals surface area (Å²) >= 11 is 9.66. The molecule has 0 saturated carbocycles. The average molecular weight is 470 g/mol. The lowest BCUT2D eigenvalue weighted by molar-refractivity contribution is -0.0203. The molecule has 0 fully saturated rings. The maximum atomic E-state index is 6.43. The van der Waals surface area contributed by atoms with Crippen LogP contribution in [-0.2, 0) is 0 Å². The summed E-state index contributed by atoms with van der Waals surface area (Å²) in [6.45, 7) is 0. The van der Waals surface area contributed by atoms with E-state index in [4.69, 9.17) is 26.2 Å². The van der Waals surface area contributed by atoms with Crippen LogP contribution < -0.4 is 9.47 Å². The minimum absolute atomic E-state index is 0.0804. The molecule has 3 aromatic rings. The minimum atomic E-state index is -0.366. The van der Waals surface area contributed by atoms with E-state index in [0.717, 1.165) is 49.8 Å². The number of hydrogen-bond acceptors (Lipinski definition) is 4. The number of ether oxygens (including phenoxy) is 2. The van der Waals surface area contributed by atoms with Crippen molar-refractivity contribution >= 4 is 33.2 Å². The van der Waals surface area contributed by atoms with E-state index in [2.05, 4.69) is 27.0 Å². The lowest BCUT2D eigenvalue weighted by Crippen LogP contribution is -2.34. The molecule has 0 amide bonds. The fourth-order valence-corrected chi connectivity index (χ4v) is 4.46. The van der Waals surface area contributed by atoms with Gasteiger partial charge >= 0.3 is 0 Å². The Bertz CT molecular complexity index is 1100. The van der Waals surface area contributed by atoms with E-state index in [1.54, 1.807) is 7.11 Å². The van der Waals surface area contributed by atoms with Crippen LogP contribution in [0, 0.1) is 0 Å². The van der Waals surface area contributed by atoms with Gasteiger partial charge < -0.3 is 9.47 Å². The van der Waals surface area contributed by atoms with Crippen molar-refractivity contribution in [3.05, 3.63) is 92.9 Å². The van der Waals surface area contributed by atoms with Crippen molar-refractivity contribution in [2.24, 2.45) is 5.10 Å². The van der Waals surface area contributed by atoms with Crippen LogP contribution in [0.5, 0.6) is 11.5 Å². The Kier molecular flexibility index (Phi) is 4.72. The lowest BCUT2D eigenvalue weighted by Gasteiger charge is -2.38. The van der Waals surface area contributed by atoms with E-state index in [0.29, 0.717) is 0 Å². The molecule has 2 heterocycles. The largest absolute Gasteiger partial charge is 0.496 e. The molecule has 146 valence electrons. The van der Waals surface area contributed by atoms with Gasteiger partial charge in [-0.05, 0) is 48.0 Å². The zero-order chi connectivity index (χ0) is 20.0. The number of rotatable bonds is 3. The van der Waals surface area contributed by atoms with E-state index in [1.807, 2.05) is 60.7 Å². The third-order valence-electron chi connectivity index (χ3n) is 5.33. The van der Waals surface area contributed by atoms with Gasteiger partial charge in [-0.25, -0.2) is 5.01 Å². The van der Waals surface area contributed by atoms with Crippen molar-refractivity contribution in [1.29, 1.82) is 0 Å². The molecule has 5 rings (SSSR count). The Morgan fingerprint density at radius 2 is 1.86 bits per heavy atom. The first-order valence-electron chi connectivity index (χ1n) is 9.35. The third kappa shape index (κ3) is 3.28.